The second kappa shape index (κ2) is 5.83. The van der Waals surface area contributed by atoms with Crippen LogP contribution in [0.15, 0.2) is 24.3 Å². The van der Waals surface area contributed by atoms with Gasteiger partial charge in [0.1, 0.15) is 0 Å². The van der Waals surface area contributed by atoms with Gasteiger partial charge in [-0.05, 0) is 37.6 Å². The van der Waals surface area contributed by atoms with Crippen LogP contribution in [-0.4, -0.2) is 30.3 Å². The molecule has 1 aromatic rings. The molecule has 1 aliphatic rings. The van der Waals surface area contributed by atoms with Crippen LogP contribution in [0, 0.1) is 0 Å². The third-order valence-corrected chi connectivity index (χ3v) is 3.63. The van der Waals surface area contributed by atoms with Crippen molar-refractivity contribution in [2.24, 2.45) is 0 Å². The molecule has 4 heteroatoms. The maximum absolute atomic E-state index is 10.3. The molecular formula is C13H19ClN2O. The number of halogens is 1. The summed E-state index contributed by atoms with van der Waals surface area (Å²) in [5.74, 6) is 0. The number of hydrogen-bond acceptors (Lipinski definition) is 3. The summed E-state index contributed by atoms with van der Waals surface area (Å²) >= 11 is 6.07. The SMILES string of the molecule is OC1(CNCc2ccccc2Cl)CCNCC1. The largest absolute Gasteiger partial charge is 0.388 e. The highest BCUT2D eigenvalue weighted by Gasteiger charge is 2.28. The van der Waals surface area contributed by atoms with E-state index >= 15 is 0 Å². The van der Waals surface area contributed by atoms with Crippen molar-refractivity contribution in [3.63, 3.8) is 0 Å². The second-order valence-corrected chi connectivity index (χ2v) is 5.08. The lowest BCUT2D eigenvalue weighted by molar-refractivity contribution is 0.0109. The average Bonchev–Trinajstić information content (AvgIpc) is 2.32. The van der Waals surface area contributed by atoms with Crippen LogP contribution in [0.3, 0.4) is 0 Å². The van der Waals surface area contributed by atoms with Gasteiger partial charge in [-0.2, -0.15) is 0 Å². The zero-order valence-electron chi connectivity index (χ0n) is 9.88. The summed E-state index contributed by atoms with van der Waals surface area (Å²) in [4.78, 5) is 0. The Morgan fingerprint density at radius 1 is 1.29 bits per heavy atom. The van der Waals surface area contributed by atoms with Crippen molar-refractivity contribution in [3.05, 3.63) is 34.9 Å². The zero-order chi connectivity index (χ0) is 12.1. The first-order chi connectivity index (χ1) is 8.20. The Bertz CT molecular complexity index is 364. The fourth-order valence-corrected chi connectivity index (χ4v) is 2.34. The molecule has 1 saturated heterocycles. The Morgan fingerprint density at radius 2 is 2.00 bits per heavy atom. The van der Waals surface area contributed by atoms with E-state index in [-0.39, 0.29) is 0 Å². The summed E-state index contributed by atoms with van der Waals surface area (Å²) in [5, 5.41) is 17.6. The first-order valence-electron chi connectivity index (χ1n) is 6.07. The molecule has 1 heterocycles. The molecule has 3 N–H and O–H groups in total. The van der Waals surface area contributed by atoms with Gasteiger partial charge >= 0.3 is 0 Å². The highest BCUT2D eigenvalue weighted by atomic mass is 35.5. The number of piperidine rings is 1. The quantitative estimate of drug-likeness (QED) is 0.764. The molecular weight excluding hydrogens is 236 g/mol. The summed E-state index contributed by atoms with van der Waals surface area (Å²) in [6.45, 7) is 3.11. The third kappa shape index (κ3) is 3.68. The Balaban J connectivity index is 1.81. The van der Waals surface area contributed by atoms with Crippen LogP contribution in [0.4, 0.5) is 0 Å². The Labute approximate surface area is 107 Å². The van der Waals surface area contributed by atoms with Crippen molar-refractivity contribution in [1.29, 1.82) is 0 Å². The van der Waals surface area contributed by atoms with E-state index in [1.807, 2.05) is 24.3 Å². The van der Waals surface area contributed by atoms with Crippen molar-refractivity contribution < 1.29 is 5.11 Å². The van der Waals surface area contributed by atoms with Crippen LogP contribution in [0.2, 0.25) is 5.02 Å². The van der Waals surface area contributed by atoms with E-state index in [0.29, 0.717) is 13.1 Å². The van der Waals surface area contributed by atoms with Gasteiger partial charge < -0.3 is 15.7 Å². The maximum Gasteiger partial charge on any atom is 0.0795 e. The number of nitrogens with one attached hydrogen (secondary N) is 2. The van der Waals surface area contributed by atoms with E-state index in [1.165, 1.54) is 0 Å². The molecule has 17 heavy (non-hydrogen) atoms. The molecule has 0 unspecified atom stereocenters. The monoisotopic (exact) mass is 254 g/mol. The minimum atomic E-state index is -0.563. The molecule has 0 bridgehead atoms. The van der Waals surface area contributed by atoms with Gasteiger partial charge in [-0.1, -0.05) is 29.8 Å². The molecule has 3 nitrogen and oxygen atoms in total. The van der Waals surface area contributed by atoms with Gasteiger partial charge in [-0.3, -0.25) is 0 Å². The van der Waals surface area contributed by atoms with E-state index in [9.17, 15) is 5.11 Å². The molecule has 0 aromatic heterocycles. The summed E-state index contributed by atoms with van der Waals surface area (Å²) in [5.41, 5.74) is 0.513. The fourth-order valence-electron chi connectivity index (χ4n) is 2.14. The highest BCUT2D eigenvalue weighted by molar-refractivity contribution is 6.31. The summed E-state index contributed by atoms with van der Waals surface area (Å²) in [6.07, 6.45) is 1.62. The molecule has 0 aliphatic carbocycles. The van der Waals surface area contributed by atoms with Crippen molar-refractivity contribution in [2.45, 2.75) is 25.0 Å². The lowest BCUT2D eigenvalue weighted by Crippen LogP contribution is -2.48. The van der Waals surface area contributed by atoms with Crippen molar-refractivity contribution >= 4 is 11.6 Å². The molecule has 94 valence electrons. The van der Waals surface area contributed by atoms with Gasteiger partial charge in [0, 0.05) is 18.1 Å². The van der Waals surface area contributed by atoms with Crippen molar-refractivity contribution in [2.75, 3.05) is 19.6 Å². The normalized spacial score (nSPS) is 19.2. The minimum Gasteiger partial charge on any atom is -0.388 e. The predicted molar refractivity (Wildman–Crippen MR) is 70.2 cm³/mol. The molecule has 0 saturated carbocycles. The van der Waals surface area contributed by atoms with E-state index in [4.69, 9.17) is 11.6 Å². The molecule has 0 spiro atoms. The standard InChI is InChI=1S/C13H19ClN2O/c14-12-4-2-1-3-11(12)9-16-10-13(17)5-7-15-8-6-13/h1-4,15-17H,5-10H2. The number of aliphatic hydroxyl groups is 1. The maximum atomic E-state index is 10.3. The Hall–Kier alpha value is -0.610. The molecule has 2 rings (SSSR count). The molecule has 0 amide bonds. The molecule has 0 radical (unpaired) electrons. The van der Waals surface area contributed by atoms with Crippen LogP contribution in [-0.2, 0) is 6.54 Å². The summed E-state index contributed by atoms with van der Waals surface area (Å²) in [6, 6.07) is 7.79. The van der Waals surface area contributed by atoms with E-state index < -0.39 is 5.60 Å². The van der Waals surface area contributed by atoms with Gasteiger partial charge in [0.25, 0.3) is 0 Å². The van der Waals surface area contributed by atoms with Crippen LogP contribution < -0.4 is 10.6 Å². The Morgan fingerprint density at radius 3 is 2.71 bits per heavy atom. The van der Waals surface area contributed by atoms with Gasteiger partial charge in [0.15, 0.2) is 0 Å². The molecule has 1 aromatic carbocycles. The zero-order valence-corrected chi connectivity index (χ0v) is 10.6. The van der Waals surface area contributed by atoms with Crippen LogP contribution in [0.25, 0.3) is 0 Å². The van der Waals surface area contributed by atoms with Crippen molar-refractivity contribution in [1.82, 2.24) is 10.6 Å². The number of benzene rings is 1. The third-order valence-electron chi connectivity index (χ3n) is 3.26. The van der Waals surface area contributed by atoms with Crippen LogP contribution in [0.5, 0.6) is 0 Å². The highest BCUT2D eigenvalue weighted by Crippen LogP contribution is 2.18. The molecule has 0 atom stereocenters. The van der Waals surface area contributed by atoms with Gasteiger partial charge in [0.05, 0.1) is 5.60 Å². The lowest BCUT2D eigenvalue weighted by atomic mass is 9.92. The topological polar surface area (TPSA) is 44.3 Å². The van der Waals surface area contributed by atoms with E-state index in [0.717, 1.165) is 36.5 Å². The van der Waals surface area contributed by atoms with E-state index in [2.05, 4.69) is 10.6 Å². The summed E-state index contributed by atoms with van der Waals surface area (Å²) < 4.78 is 0. The van der Waals surface area contributed by atoms with Crippen LogP contribution >= 0.6 is 11.6 Å². The smallest absolute Gasteiger partial charge is 0.0795 e. The van der Waals surface area contributed by atoms with E-state index in [1.54, 1.807) is 0 Å². The fraction of sp³-hybridized carbons (Fsp3) is 0.538. The molecule has 1 aliphatic heterocycles. The van der Waals surface area contributed by atoms with Gasteiger partial charge in [-0.15, -0.1) is 0 Å². The molecule has 1 fully saturated rings. The first-order valence-corrected chi connectivity index (χ1v) is 6.45. The number of hydrogen-bond donors (Lipinski definition) is 3. The lowest BCUT2D eigenvalue weighted by Gasteiger charge is -2.32. The van der Waals surface area contributed by atoms with Crippen molar-refractivity contribution in [3.8, 4) is 0 Å². The minimum absolute atomic E-state index is 0.563. The number of rotatable bonds is 4. The first kappa shape index (κ1) is 12.8. The summed E-state index contributed by atoms with van der Waals surface area (Å²) in [7, 11) is 0. The second-order valence-electron chi connectivity index (χ2n) is 4.67. The Kier molecular flexibility index (Phi) is 4.40. The van der Waals surface area contributed by atoms with Gasteiger partial charge in [-0.25, -0.2) is 0 Å². The average molecular weight is 255 g/mol. The van der Waals surface area contributed by atoms with Gasteiger partial charge in [0.2, 0.25) is 0 Å². The van der Waals surface area contributed by atoms with Crippen LogP contribution in [0.1, 0.15) is 18.4 Å². The predicted octanol–water partition coefficient (Wildman–Crippen LogP) is 1.54.